The van der Waals surface area contributed by atoms with Crippen LogP contribution < -0.4 is 5.32 Å². The fraction of sp³-hybridized carbons (Fsp3) is 0.238. The van der Waals surface area contributed by atoms with Gasteiger partial charge in [-0.15, -0.1) is 6.58 Å². The Labute approximate surface area is 138 Å². The van der Waals surface area contributed by atoms with E-state index in [1.807, 2.05) is 13.1 Å². The third-order valence-electron chi connectivity index (χ3n) is 4.40. The molecule has 0 radical (unpaired) electrons. The van der Waals surface area contributed by atoms with Gasteiger partial charge in [-0.25, -0.2) is 0 Å². The van der Waals surface area contributed by atoms with Gasteiger partial charge in [-0.2, -0.15) is 0 Å². The lowest BCUT2D eigenvalue weighted by molar-refractivity contribution is 0.667. The largest absolute Gasteiger partial charge is 0.357 e. The molecule has 118 valence electrons. The summed E-state index contributed by atoms with van der Waals surface area (Å²) in [5.41, 5.74) is 6.43. The lowest BCUT2D eigenvalue weighted by Gasteiger charge is -2.18. The summed E-state index contributed by atoms with van der Waals surface area (Å²) in [5, 5.41) is 4.80. The Bertz CT molecular complexity index is 814. The minimum absolute atomic E-state index is 0.169. The molecule has 2 nitrogen and oxygen atoms in total. The van der Waals surface area contributed by atoms with Crippen LogP contribution in [0.2, 0.25) is 0 Å². The van der Waals surface area contributed by atoms with Gasteiger partial charge in [0.15, 0.2) is 0 Å². The molecule has 0 amide bonds. The Balaban J connectivity index is 2.14. The molecule has 0 saturated carbocycles. The van der Waals surface area contributed by atoms with E-state index in [1.54, 1.807) is 0 Å². The van der Waals surface area contributed by atoms with Crippen LogP contribution in [0.25, 0.3) is 10.9 Å². The Hall–Kier alpha value is -2.32. The molecule has 1 heterocycles. The van der Waals surface area contributed by atoms with Gasteiger partial charge in [-0.1, -0.05) is 54.1 Å². The molecule has 2 aromatic carbocycles. The van der Waals surface area contributed by atoms with E-state index >= 15 is 0 Å². The van der Waals surface area contributed by atoms with Crippen molar-refractivity contribution in [1.82, 2.24) is 10.3 Å². The van der Waals surface area contributed by atoms with Crippen LogP contribution in [0.5, 0.6) is 0 Å². The van der Waals surface area contributed by atoms with Crippen LogP contribution in [0.15, 0.2) is 61.2 Å². The molecule has 0 aliphatic carbocycles. The summed E-state index contributed by atoms with van der Waals surface area (Å²) < 4.78 is 0. The number of benzene rings is 2. The smallest absolute Gasteiger partial charge is 0.0729 e. The SMILES string of the molecule is C=CCCc1c(C(NC)c2cccc(C)c2)[nH]c2ccccc12. The van der Waals surface area contributed by atoms with E-state index < -0.39 is 0 Å². The first-order valence-corrected chi connectivity index (χ1v) is 8.18. The van der Waals surface area contributed by atoms with Crippen LogP contribution >= 0.6 is 0 Å². The van der Waals surface area contributed by atoms with E-state index in [0.29, 0.717) is 0 Å². The van der Waals surface area contributed by atoms with E-state index in [0.717, 1.165) is 12.8 Å². The number of H-pyrrole nitrogens is 1. The number of aromatic nitrogens is 1. The molecular formula is C21H24N2. The lowest BCUT2D eigenvalue weighted by Crippen LogP contribution is -2.19. The minimum atomic E-state index is 0.169. The summed E-state index contributed by atoms with van der Waals surface area (Å²) in [6.07, 6.45) is 3.98. The molecular weight excluding hydrogens is 280 g/mol. The average Bonchev–Trinajstić information content (AvgIpc) is 2.92. The fourth-order valence-electron chi connectivity index (χ4n) is 3.31. The first-order chi connectivity index (χ1) is 11.2. The molecule has 2 N–H and O–H groups in total. The van der Waals surface area contributed by atoms with Crippen LogP contribution in [0.4, 0.5) is 0 Å². The van der Waals surface area contributed by atoms with Crippen molar-refractivity contribution in [2.75, 3.05) is 7.05 Å². The maximum Gasteiger partial charge on any atom is 0.0729 e. The third-order valence-corrected chi connectivity index (χ3v) is 4.40. The summed E-state index contributed by atoms with van der Waals surface area (Å²) in [6, 6.07) is 17.4. The number of hydrogen-bond acceptors (Lipinski definition) is 1. The second-order valence-electron chi connectivity index (χ2n) is 6.03. The highest BCUT2D eigenvalue weighted by Crippen LogP contribution is 2.31. The Morgan fingerprint density at radius 3 is 2.74 bits per heavy atom. The minimum Gasteiger partial charge on any atom is -0.357 e. The second-order valence-corrected chi connectivity index (χ2v) is 6.03. The summed E-state index contributed by atoms with van der Waals surface area (Å²) in [4.78, 5) is 3.65. The van der Waals surface area contributed by atoms with E-state index in [2.05, 4.69) is 72.3 Å². The van der Waals surface area contributed by atoms with Crippen molar-refractivity contribution in [3.05, 3.63) is 83.6 Å². The van der Waals surface area contributed by atoms with Crippen LogP contribution in [0, 0.1) is 6.92 Å². The molecule has 1 unspecified atom stereocenters. The number of aromatic amines is 1. The van der Waals surface area contributed by atoms with Crippen molar-refractivity contribution in [3.63, 3.8) is 0 Å². The first-order valence-electron chi connectivity index (χ1n) is 8.18. The summed E-state index contributed by atoms with van der Waals surface area (Å²) >= 11 is 0. The highest BCUT2D eigenvalue weighted by molar-refractivity contribution is 5.85. The van der Waals surface area contributed by atoms with Crippen molar-refractivity contribution < 1.29 is 0 Å². The van der Waals surface area contributed by atoms with E-state index in [9.17, 15) is 0 Å². The number of para-hydroxylation sites is 1. The molecule has 1 aromatic heterocycles. The zero-order chi connectivity index (χ0) is 16.2. The molecule has 0 spiro atoms. The number of rotatable bonds is 6. The molecule has 3 aromatic rings. The molecule has 0 bridgehead atoms. The molecule has 23 heavy (non-hydrogen) atoms. The van der Waals surface area contributed by atoms with Crippen LogP contribution in [-0.4, -0.2) is 12.0 Å². The van der Waals surface area contributed by atoms with Gasteiger partial charge < -0.3 is 10.3 Å². The summed E-state index contributed by atoms with van der Waals surface area (Å²) in [6.45, 7) is 6.02. The van der Waals surface area contributed by atoms with Crippen LogP contribution in [-0.2, 0) is 6.42 Å². The zero-order valence-corrected chi connectivity index (χ0v) is 13.9. The standard InChI is InChI=1S/C21H24N2/c1-4-5-11-18-17-12-6-7-13-19(17)23-21(18)20(22-3)16-10-8-9-15(2)14-16/h4,6-10,12-14,20,22-23H,1,5,11H2,2-3H3. The monoisotopic (exact) mass is 304 g/mol. The van der Waals surface area contributed by atoms with Crippen LogP contribution in [0.1, 0.15) is 34.8 Å². The fourth-order valence-corrected chi connectivity index (χ4v) is 3.31. The Kier molecular flexibility index (Phi) is 4.63. The molecule has 3 rings (SSSR count). The van der Waals surface area contributed by atoms with Crippen molar-refractivity contribution in [2.45, 2.75) is 25.8 Å². The molecule has 0 fully saturated rings. The van der Waals surface area contributed by atoms with Gasteiger partial charge in [0.2, 0.25) is 0 Å². The lowest BCUT2D eigenvalue weighted by atomic mass is 9.96. The van der Waals surface area contributed by atoms with Gasteiger partial charge in [0.25, 0.3) is 0 Å². The van der Waals surface area contributed by atoms with Gasteiger partial charge >= 0.3 is 0 Å². The topological polar surface area (TPSA) is 27.8 Å². The summed E-state index contributed by atoms with van der Waals surface area (Å²) in [7, 11) is 2.02. The number of hydrogen-bond donors (Lipinski definition) is 2. The van der Waals surface area contributed by atoms with E-state index in [1.165, 1.54) is 33.3 Å². The normalized spacial score (nSPS) is 12.4. The highest BCUT2D eigenvalue weighted by atomic mass is 14.9. The number of fused-ring (bicyclic) bond motifs is 1. The predicted octanol–water partition coefficient (Wildman–Crippen LogP) is 4.90. The van der Waals surface area contributed by atoms with Gasteiger partial charge in [0, 0.05) is 16.6 Å². The van der Waals surface area contributed by atoms with Crippen LogP contribution in [0.3, 0.4) is 0 Å². The maximum atomic E-state index is 3.88. The summed E-state index contributed by atoms with van der Waals surface area (Å²) in [5.74, 6) is 0. The Morgan fingerprint density at radius 2 is 2.00 bits per heavy atom. The van der Waals surface area contributed by atoms with Gasteiger partial charge in [-0.3, -0.25) is 0 Å². The molecule has 1 atom stereocenters. The number of aryl methyl sites for hydroxylation is 2. The quantitative estimate of drug-likeness (QED) is 0.623. The predicted molar refractivity (Wildman–Crippen MR) is 98.9 cm³/mol. The first kappa shape index (κ1) is 15.6. The van der Waals surface area contributed by atoms with Gasteiger partial charge in [0.1, 0.15) is 0 Å². The Morgan fingerprint density at radius 1 is 1.17 bits per heavy atom. The van der Waals surface area contributed by atoms with Crippen molar-refractivity contribution in [3.8, 4) is 0 Å². The zero-order valence-electron chi connectivity index (χ0n) is 13.9. The third kappa shape index (κ3) is 3.08. The van der Waals surface area contributed by atoms with Gasteiger partial charge in [-0.05, 0) is 44.0 Å². The molecule has 0 saturated heterocycles. The average molecular weight is 304 g/mol. The highest BCUT2D eigenvalue weighted by Gasteiger charge is 2.20. The van der Waals surface area contributed by atoms with Crippen molar-refractivity contribution in [1.29, 1.82) is 0 Å². The number of allylic oxidation sites excluding steroid dienone is 1. The van der Waals surface area contributed by atoms with Crippen molar-refractivity contribution >= 4 is 10.9 Å². The van der Waals surface area contributed by atoms with E-state index in [4.69, 9.17) is 0 Å². The molecule has 0 aliphatic heterocycles. The van der Waals surface area contributed by atoms with Crippen molar-refractivity contribution in [2.24, 2.45) is 0 Å². The second kappa shape index (κ2) is 6.84. The van der Waals surface area contributed by atoms with Gasteiger partial charge in [0.05, 0.1) is 6.04 Å². The maximum absolute atomic E-state index is 3.88. The molecule has 0 aliphatic rings. The number of nitrogens with one attached hydrogen (secondary N) is 2. The molecule has 2 heteroatoms. The van der Waals surface area contributed by atoms with E-state index in [-0.39, 0.29) is 6.04 Å².